The van der Waals surface area contributed by atoms with Crippen LogP contribution >= 0.6 is 0 Å². The van der Waals surface area contributed by atoms with Gasteiger partial charge in [0.15, 0.2) is 0 Å². The molecule has 148 valence electrons. The van der Waals surface area contributed by atoms with Crippen LogP contribution in [-0.2, 0) is 11.3 Å². The number of hydrogen-bond donors (Lipinski definition) is 1. The van der Waals surface area contributed by atoms with Crippen molar-refractivity contribution in [2.24, 2.45) is 0 Å². The lowest BCUT2D eigenvalue weighted by molar-refractivity contribution is -0.118. The zero-order valence-electron chi connectivity index (χ0n) is 16.8. The van der Waals surface area contributed by atoms with E-state index in [1.807, 2.05) is 74.5 Å². The number of pyridine rings is 1. The number of aromatic nitrogens is 1. The summed E-state index contributed by atoms with van der Waals surface area (Å²) in [5.41, 5.74) is 4.52. The molecule has 2 amide bonds. The van der Waals surface area contributed by atoms with Crippen LogP contribution in [0.4, 0.5) is 5.69 Å². The molecule has 3 aromatic rings. The van der Waals surface area contributed by atoms with Crippen molar-refractivity contribution in [3.8, 4) is 11.1 Å². The summed E-state index contributed by atoms with van der Waals surface area (Å²) in [7, 11) is 0. The molecule has 0 unspecified atom stereocenters. The average Bonchev–Trinajstić information content (AvgIpc) is 2.79. The van der Waals surface area contributed by atoms with Gasteiger partial charge in [-0.05, 0) is 53.9 Å². The van der Waals surface area contributed by atoms with E-state index < -0.39 is 0 Å². The summed E-state index contributed by atoms with van der Waals surface area (Å²) in [5.74, 6) is -0.00526. The summed E-state index contributed by atoms with van der Waals surface area (Å²) in [5, 5.41) is 2.90. The summed E-state index contributed by atoms with van der Waals surface area (Å²) < 4.78 is 0. The summed E-state index contributed by atoms with van der Waals surface area (Å²) in [4.78, 5) is 30.2. The number of carbonyl (C=O) groups excluding carboxylic acids is 2. The molecule has 29 heavy (non-hydrogen) atoms. The fraction of sp³-hybridized carbons (Fsp3) is 0.208. The Morgan fingerprint density at radius 3 is 2.14 bits per heavy atom. The first-order valence-corrected chi connectivity index (χ1v) is 9.80. The molecule has 0 aliphatic carbocycles. The zero-order valence-corrected chi connectivity index (χ0v) is 16.8. The molecule has 1 aromatic heterocycles. The molecule has 0 aliphatic rings. The van der Waals surface area contributed by atoms with Crippen molar-refractivity contribution in [1.82, 2.24) is 10.3 Å². The average molecular weight is 387 g/mol. The minimum Gasteiger partial charge on any atom is -0.348 e. The minimum absolute atomic E-state index is 0.113. The van der Waals surface area contributed by atoms with Crippen molar-refractivity contribution < 1.29 is 9.59 Å². The monoisotopic (exact) mass is 387 g/mol. The molecule has 0 spiro atoms. The number of hydrogen-bond acceptors (Lipinski definition) is 3. The molecule has 1 heterocycles. The second-order valence-electron chi connectivity index (χ2n) is 6.66. The molecule has 1 N–H and O–H groups in total. The third kappa shape index (κ3) is 5.08. The van der Waals surface area contributed by atoms with Gasteiger partial charge in [0.1, 0.15) is 0 Å². The molecule has 2 aromatic carbocycles. The Labute approximate surface area is 171 Å². The van der Waals surface area contributed by atoms with Gasteiger partial charge in [-0.3, -0.25) is 14.6 Å². The van der Waals surface area contributed by atoms with E-state index in [1.165, 1.54) is 0 Å². The normalized spacial score (nSPS) is 10.4. The molecule has 0 aliphatic heterocycles. The second kappa shape index (κ2) is 9.64. The van der Waals surface area contributed by atoms with Gasteiger partial charge in [0, 0.05) is 43.2 Å². The van der Waals surface area contributed by atoms with Crippen molar-refractivity contribution in [1.29, 1.82) is 0 Å². The fourth-order valence-corrected chi connectivity index (χ4v) is 3.13. The van der Waals surface area contributed by atoms with Crippen LogP contribution in [0.15, 0.2) is 73.1 Å². The summed E-state index contributed by atoms with van der Waals surface area (Å²) in [6, 6.07) is 19.2. The Balaban J connectivity index is 1.66. The van der Waals surface area contributed by atoms with E-state index in [-0.39, 0.29) is 11.8 Å². The van der Waals surface area contributed by atoms with Gasteiger partial charge in [0.25, 0.3) is 5.91 Å². The van der Waals surface area contributed by atoms with Crippen LogP contribution in [0.1, 0.15) is 36.2 Å². The van der Waals surface area contributed by atoms with E-state index in [1.54, 1.807) is 17.3 Å². The Morgan fingerprint density at radius 2 is 1.59 bits per heavy atom. The van der Waals surface area contributed by atoms with Gasteiger partial charge >= 0.3 is 0 Å². The molecule has 3 rings (SSSR count). The maximum atomic E-state index is 12.3. The van der Waals surface area contributed by atoms with Gasteiger partial charge in [0.2, 0.25) is 5.91 Å². The fourth-order valence-electron chi connectivity index (χ4n) is 3.13. The van der Waals surface area contributed by atoms with Crippen LogP contribution in [0.5, 0.6) is 0 Å². The molecule has 0 atom stereocenters. The molecule has 0 fully saturated rings. The Bertz CT molecular complexity index is 952. The Hall–Kier alpha value is -3.47. The van der Waals surface area contributed by atoms with E-state index in [2.05, 4.69) is 10.3 Å². The smallest absolute Gasteiger partial charge is 0.251 e. The lowest BCUT2D eigenvalue weighted by atomic mass is 10.0. The van der Waals surface area contributed by atoms with E-state index in [9.17, 15) is 9.59 Å². The number of nitrogens with one attached hydrogen (secondary N) is 1. The first kappa shape index (κ1) is 20.3. The second-order valence-corrected chi connectivity index (χ2v) is 6.66. The topological polar surface area (TPSA) is 62.3 Å². The van der Waals surface area contributed by atoms with Crippen LogP contribution in [0.3, 0.4) is 0 Å². The largest absolute Gasteiger partial charge is 0.348 e. The maximum Gasteiger partial charge on any atom is 0.251 e. The highest BCUT2D eigenvalue weighted by Crippen LogP contribution is 2.24. The molecular formula is C24H25N3O2. The first-order valence-electron chi connectivity index (χ1n) is 9.80. The third-order valence-corrected chi connectivity index (χ3v) is 4.75. The van der Waals surface area contributed by atoms with E-state index in [0.717, 1.165) is 22.4 Å². The Kier molecular flexibility index (Phi) is 6.74. The van der Waals surface area contributed by atoms with E-state index in [4.69, 9.17) is 0 Å². The zero-order chi connectivity index (χ0) is 20.6. The number of benzene rings is 2. The van der Waals surface area contributed by atoms with Gasteiger partial charge in [0.05, 0.1) is 0 Å². The molecule has 0 bridgehead atoms. The summed E-state index contributed by atoms with van der Waals surface area (Å²) in [6.07, 6.45) is 3.93. The molecular weight excluding hydrogens is 362 g/mol. The van der Waals surface area contributed by atoms with Crippen LogP contribution in [0.2, 0.25) is 0 Å². The highest BCUT2D eigenvalue weighted by molar-refractivity contribution is 5.95. The molecule has 5 nitrogen and oxygen atoms in total. The number of amides is 2. The van der Waals surface area contributed by atoms with Crippen LogP contribution in [0.25, 0.3) is 11.1 Å². The van der Waals surface area contributed by atoms with Gasteiger partial charge in [-0.1, -0.05) is 37.3 Å². The lowest BCUT2D eigenvalue weighted by Gasteiger charge is -2.20. The first-order chi connectivity index (χ1) is 14.1. The number of carbonyl (C=O) groups is 2. The lowest BCUT2D eigenvalue weighted by Crippen LogP contribution is -2.29. The number of anilines is 1. The quantitative estimate of drug-likeness (QED) is 0.652. The SMILES string of the molecule is CCC(=O)N(CC)c1ccc(-c2ccc(C(=O)NCc3cccnc3)cc2)cc1. The van der Waals surface area contributed by atoms with Gasteiger partial charge in [-0.15, -0.1) is 0 Å². The van der Waals surface area contributed by atoms with Crippen molar-refractivity contribution >= 4 is 17.5 Å². The van der Waals surface area contributed by atoms with Gasteiger partial charge in [-0.2, -0.15) is 0 Å². The summed E-state index contributed by atoms with van der Waals surface area (Å²) in [6.45, 7) is 4.93. The van der Waals surface area contributed by atoms with Crippen molar-refractivity contribution in [3.05, 3.63) is 84.2 Å². The Morgan fingerprint density at radius 1 is 0.931 bits per heavy atom. The summed E-state index contributed by atoms with van der Waals surface area (Å²) >= 11 is 0. The maximum absolute atomic E-state index is 12.3. The third-order valence-electron chi connectivity index (χ3n) is 4.75. The molecule has 0 saturated carbocycles. The van der Waals surface area contributed by atoms with Crippen LogP contribution < -0.4 is 10.2 Å². The van der Waals surface area contributed by atoms with E-state index in [0.29, 0.717) is 25.1 Å². The standard InChI is InChI=1S/C24H25N3O2/c1-3-23(28)27(4-2)22-13-11-20(12-14-22)19-7-9-21(10-8-19)24(29)26-17-18-6-5-15-25-16-18/h5-16H,3-4,17H2,1-2H3,(H,26,29). The molecule has 0 radical (unpaired) electrons. The van der Waals surface area contributed by atoms with Gasteiger partial charge < -0.3 is 10.2 Å². The molecule has 5 heteroatoms. The van der Waals surface area contributed by atoms with Crippen molar-refractivity contribution in [2.75, 3.05) is 11.4 Å². The predicted molar refractivity (Wildman–Crippen MR) is 116 cm³/mol. The molecule has 0 saturated heterocycles. The highest BCUT2D eigenvalue weighted by atomic mass is 16.2. The van der Waals surface area contributed by atoms with Crippen LogP contribution in [-0.4, -0.2) is 23.3 Å². The van der Waals surface area contributed by atoms with Crippen LogP contribution in [0, 0.1) is 0 Å². The van der Waals surface area contributed by atoms with E-state index >= 15 is 0 Å². The number of nitrogens with zero attached hydrogens (tertiary/aromatic N) is 2. The number of rotatable bonds is 7. The minimum atomic E-state index is -0.118. The van der Waals surface area contributed by atoms with Gasteiger partial charge in [-0.25, -0.2) is 0 Å². The van der Waals surface area contributed by atoms with Crippen molar-refractivity contribution in [3.63, 3.8) is 0 Å². The predicted octanol–water partition coefficient (Wildman–Crippen LogP) is 4.44. The van der Waals surface area contributed by atoms with Crippen molar-refractivity contribution in [2.45, 2.75) is 26.8 Å². The highest BCUT2D eigenvalue weighted by Gasteiger charge is 2.12.